The third-order valence-corrected chi connectivity index (χ3v) is 3.55. The van der Waals surface area contributed by atoms with Crippen LogP contribution < -0.4 is 9.47 Å². The van der Waals surface area contributed by atoms with Crippen molar-refractivity contribution in [2.75, 3.05) is 14.2 Å². The quantitative estimate of drug-likeness (QED) is 0.734. The number of ketones is 2. The molecular formula is C18H19NO4. The molecule has 120 valence electrons. The Balaban J connectivity index is 2.09. The summed E-state index contributed by atoms with van der Waals surface area (Å²) < 4.78 is 10.5. The summed E-state index contributed by atoms with van der Waals surface area (Å²) in [6.45, 7) is 1.85. The highest BCUT2D eigenvalue weighted by Gasteiger charge is 2.15. The summed E-state index contributed by atoms with van der Waals surface area (Å²) in [5, 5.41) is 0. The van der Waals surface area contributed by atoms with Crippen LogP contribution >= 0.6 is 0 Å². The van der Waals surface area contributed by atoms with Crippen LogP contribution in [-0.4, -0.2) is 30.8 Å². The van der Waals surface area contributed by atoms with Gasteiger partial charge in [0.1, 0.15) is 0 Å². The molecule has 5 heteroatoms. The van der Waals surface area contributed by atoms with Crippen molar-refractivity contribution < 1.29 is 19.1 Å². The average Bonchev–Trinajstić information content (AvgIpc) is 2.59. The van der Waals surface area contributed by atoms with Gasteiger partial charge in [0.2, 0.25) is 0 Å². The number of aromatic nitrogens is 1. The number of pyridine rings is 1. The molecule has 0 spiro atoms. The van der Waals surface area contributed by atoms with Crippen molar-refractivity contribution in [2.45, 2.75) is 19.8 Å². The van der Waals surface area contributed by atoms with Crippen molar-refractivity contribution in [3.05, 3.63) is 53.3 Å². The molecule has 2 aromatic rings. The van der Waals surface area contributed by atoms with Gasteiger partial charge in [0.25, 0.3) is 0 Å². The smallest absolute Gasteiger partial charge is 0.164 e. The fraction of sp³-hybridized carbons (Fsp3) is 0.278. The molecule has 1 aromatic heterocycles. The minimum Gasteiger partial charge on any atom is -0.493 e. The molecule has 0 aliphatic rings. The van der Waals surface area contributed by atoms with Crippen molar-refractivity contribution in [1.29, 1.82) is 0 Å². The van der Waals surface area contributed by atoms with Gasteiger partial charge in [0.15, 0.2) is 23.1 Å². The van der Waals surface area contributed by atoms with Crippen LogP contribution in [0.15, 0.2) is 36.7 Å². The second-order valence-electron chi connectivity index (χ2n) is 5.12. The molecule has 0 saturated carbocycles. The molecule has 23 heavy (non-hydrogen) atoms. The number of hydrogen-bond acceptors (Lipinski definition) is 5. The zero-order valence-electron chi connectivity index (χ0n) is 13.5. The van der Waals surface area contributed by atoms with Crippen LogP contribution in [0.4, 0.5) is 0 Å². The maximum Gasteiger partial charge on any atom is 0.164 e. The molecule has 5 nitrogen and oxygen atoms in total. The van der Waals surface area contributed by atoms with Gasteiger partial charge in [-0.3, -0.25) is 14.6 Å². The molecule has 1 aromatic carbocycles. The van der Waals surface area contributed by atoms with E-state index in [0.717, 1.165) is 5.56 Å². The fourth-order valence-corrected chi connectivity index (χ4v) is 2.36. The molecular weight excluding hydrogens is 294 g/mol. The van der Waals surface area contributed by atoms with Gasteiger partial charge >= 0.3 is 0 Å². The first kappa shape index (κ1) is 16.7. The van der Waals surface area contributed by atoms with Crippen molar-refractivity contribution >= 4 is 11.6 Å². The minimum atomic E-state index is -0.105. The number of methoxy groups -OCH3 is 2. The summed E-state index contributed by atoms with van der Waals surface area (Å²) in [7, 11) is 3.08. The average molecular weight is 313 g/mol. The van der Waals surface area contributed by atoms with Gasteiger partial charge in [-0.05, 0) is 36.8 Å². The van der Waals surface area contributed by atoms with Gasteiger partial charge in [0, 0.05) is 36.4 Å². The molecule has 0 aliphatic heterocycles. The maximum atomic E-state index is 12.3. The first-order valence-electron chi connectivity index (χ1n) is 7.26. The summed E-state index contributed by atoms with van der Waals surface area (Å²) in [6, 6.07) is 6.79. The predicted molar refractivity (Wildman–Crippen MR) is 86.4 cm³/mol. The van der Waals surface area contributed by atoms with E-state index < -0.39 is 0 Å². The topological polar surface area (TPSA) is 65.5 Å². The summed E-state index contributed by atoms with van der Waals surface area (Å²) in [5.74, 6) is 0.917. The number of benzene rings is 1. The molecule has 0 bridgehead atoms. The van der Waals surface area contributed by atoms with Crippen LogP contribution in [0.3, 0.4) is 0 Å². The van der Waals surface area contributed by atoms with Crippen molar-refractivity contribution in [1.82, 2.24) is 4.98 Å². The summed E-state index contributed by atoms with van der Waals surface area (Å²) in [5.41, 5.74) is 1.84. The minimum absolute atomic E-state index is 0.0938. The molecule has 0 radical (unpaired) electrons. The fourth-order valence-electron chi connectivity index (χ4n) is 2.36. The SMILES string of the molecule is COc1cc(C(=O)CCC(=O)c2cccnc2)cc(C)c1OC. The summed E-state index contributed by atoms with van der Waals surface area (Å²) >= 11 is 0. The number of ether oxygens (including phenoxy) is 2. The molecule has 0 unspecified atom stereocenters. The lowest BCUT2D eigenvalue weighted by atomic mass is 10.0. The third-order valence-electron chi connectivity index (χ3n) is 3.55. The Labute approximate surface area is 135 Å². The van der Waals surface area contributed by atoms with Crippen LogP contribution in [0.5, 0.6) is 11.5 Å². The van der Waals surface area contributed by atoms with Gasteiger partial charge in [-0.1, -0.05) is 0 Å². The number of hydrogen-bond donors (Lipinski definition) is 0. The van der Waals surface area contributed by atoms with Crippen LogP contribution in [0.2, 0.25) is 0 Å². The Hall–Kier alpha value is -2.69. The zero-order chi connectivity index (χ0) is 16.8. The van der Waals surface area contributed by atoms with Gasteiger partial charge < -0.3 is 9.47 Å². The molecule has 0 aliphatic carbocycles. The van der Waals surface area contributed by atoms with E-state index in [2.05, 4.69) is 4.98 Å². The number of carbonyl (C=O) groups excluding carboxylic acids is 2. The Kier molecular flexibility index (Phi) is 5.46. The van der Waals surface area contributed by atoms with E-state index >= 15 is 0 Å². The van der Waals surface area contributed by atoms with E-state index in [9.17, 15) is 9.59 Å². The highest BCUT2D eigenvalue weighted by atomic mass is 16.5. The second-order valence-corrected chi connectivity index (χ2v) is 5.12. The first-order chi connectivity index (χ1) is 11.1. The summed E-state index contributed by atoms with van der Waals surface area (Å²) in [6.07, 6.45) is 3.41. The van der Waals surface area contributed by atoms with E-state index in [1.165, 1.54) is 13.3 Å². The largest absolute Gasteiger partial charge is 0.493 e. The normalized spacial score (nSPS) is 10.2. The lowest BCUT2D eigenvalue weighted by Crippen LogP contribution is -2.06. The maximum absolute atomic E-state index is 12.3. The third kappa shape index (κ3) is 3.94. The molecule has 0 amide bonds. The van der Waals surface area contributed by atoms with Crippen LogP contribution in [0.1, 0.15) is 39.1 Å². The lowest BCUT2D eigenvalue weighted by Gasteiger charge is -2.12. The highest BCUT2D eigenvalue weighted by Crippen LogP contribution is 2.32. The van der Waals surface area contributed by atoms with Crippen molar-refractivity contribution in [2.24, 2.45) is 0 Å². The standard InChI is InChI=1S/C18H19NO4/c1-12-9-14(10-17(22-2)18(12)23-3)16(21)7-6-15(20)13-5-4-8-19-11-13/h4-5,8-11H,6-7H2,1-3H3. The van der Waals surface area contributed by atoms with E-state index in [-0.39, 0.29) is 24.4 Å². The second kappa shape index (κ2) is 7.54. The Morgan fingerprint density at radius 2 is 1.74 bits per heavy atom. The Bertz CT molecular complexity index is 710. The zero-order valence-corrected chi connectivity index (χ0v) is 13.5. The highest BCUT2D eigenvalue weighted by molar-refractivity contribution is 6.02. The van der Waals surface area contributed by atoms with E-state index in [4.69, 9.17) is 9.47 Å². The Morgan fingerprint density at radius 3 is 2.30 bits per heavy atom. The van der Waals surface area contributed by atoms with E-state index in [1.54, 1.807) is 37.6 Å². The summed E-state index contributed by atoms with van der Waals surface area (Å²) in [4.78, 5) is 28.3. The van der Waals surface area contributed by atoms with Crippen LogP contribution in [0, 0.1) is 6.92 Å². The van der Waals surface area contributed by atoms with E-state index in [1.807, 2.05) is 6.92 Å². The lowest BCUT2D eigenvalue weighted by molar-refractivity contribution is 0.0917. The molecule has 1 heterocycles. The molecule has 0 saturated heterocycles. The number of Topliss-reactive ketones (excluding diaryl/α,β-unsaturated/α-hetero) is 2. The van der Waals surface area contributed by atoms with Crippen LogP contribution in [0.25, 0.3) is 0 Å². The molecule has 0 N–H and O–H groups in total. The molecule has 0 atom stereocenters. The van der Waals surface area contributed by atoms with Gasteiger partial charge in [-0.15, -0.1) is 0 Å². The van der Waals surface area contributed by atoms with Gasteiger partial charge in [0.05, 0.1) is 14.2 Å². The van der Waals surface area contributed by atoms with E-state index in [0.29, 0.717) is 22.6 Å². The number of nitrogens with zero attached hydrogens (tertiary/aromatic N) is 1. The number of aryl methyl sites for hydroxylation is 1. The van der Waals surface area contributed by atoms with Gasteiger partial charge in [-0.2, -0.15) is 0 Å². The molecule has 0 fully saturated rings. The predicted octanol–water partition coefficient (Wildman–Crippen LogP) is 3.25. The number of carbonyl (C=O) groups is 2. The van der Waals surface area contributed by atoms with Crippen molar-refractivity contribution in [3.8, 4) is 11.5 Å². The monoisotopic (exact) mass is 313 g/mol. The first-order valence-corrected chi connectivity index (χ1v) is 7.26. The van der Waals surface area contributed by atoms with Crippen LogP contribution in [-0.2, 0) is 0 Å². The number of rotatable bonds is 7. The Morgan fingerprint density at radius 1 is 1.04 bits per heavy atom. The molecule has 2 rings (SSSR count). The van der Waals surface area contributed by atoms with Gasteiger partial charge in [-0.25, -0.2) is 0 Å². The van der Waals surface area contributed by atoms with Crippen molar-refractivity contribution in [3.63, 3.8) is 0 Å².